The molecule has 0 atom stereocenters. The van der Waals surface area contributed by atoms with Crippen LogP contribution in [0.3, 0.4) is 0 Å². The van der Waals surface area contributed by atoms with Gasteiger partial charge in [0.25, 0.3) is 0 Å². The van der Waals surface area contributed by atoms with Gasteiger partial charge in [0, 0.05) is 23.2 Å². The number of rotatable bonds is 5. The number of Topliss-reactive ketones (excluding diaryl/α,β-unsaturated/α-hetero) is 1. The average molecular weight is 344 g/mol. The fourth-order valence-electron chi connectivity index (χ4n) is 3.39. The summed E-state index contributed by atoms with van der Waals surface area (Å²) in [6, 6.07) is 6.92. The molecule has 0 unspecified atom stereocenters. The summed E-state index contributed by atoms with van der Waals surface area (Å²) in [7, 11) is 0. The summed E-state index contributed by atoms with van der Waals surface area (Å²) in [5, 5.41) is 5.87. The zero-order valence-electron chi connectivity index (χ0n) is 15.6. The fraction of sp³-hybridized carbons (Fsp3) is 0.550. The van der Waals surface area contributed by atoms with E-state index in [2.05, 4.69) is 10.6 Å². The van der Waals surface area contributed by atoms with Gasteiger partial charge < -0.3 is 10.6 Å². The minimum atomic E-state index is -0.665. The minimum Gasteiger partial charge on any atom is -0.351 e. The first-order valence-corrected chi connectivity index (χ1v) is 8.85. The zero-order chi connectivity index (χ0) is 18.7. The second-order valence-corrected chi connectivity index (χ2v) is 8.05. The van der Waals surface area contributed by atoms with E-state index < -0.39 is 5.41 Å². The van der Waals surface area contributed by atoms with E-state index in [4.69, 9.17) is 0 Å². The molecule has 0 aromatic heterocycles. The first-order valence-electron chi connectivity index (χ1n) is 8.85. The summed E-state index contributed by atoms with van der Waals surface area (Å²) in [6.45, 7) is 7.29. The van der Waals surface area contributed by atoms with Crippen LogP contribution in [-0.2, 0) is 9.59 Å². The Hall–Kier alpha value is -2.17. The summed E-state index contributed by atoms with van der Waals surface area (Å²) in [6.07, 6.45) is 3.52. The van der Waals surface area contributed by atoms with Crippen molar-refractivity contribution in [2.24, 2.45) is 5.41 Å². The van der Waals surface area contributed by atoms with E-state index in [-0.39, 0.29) is 29.6 Å². The maximum absolute atomic E-state index is 12.9. The summed E-state index contributed by atoms with van der Waals surface area (Å²) in [4.78, 5) is 36.8. The van der Waals surface area contributed by atoms with E-state index in [0.717, 1.165) is 12.8 Å². The molecular weight excluding hydrogens is 316 g/mol. The summed E-state index contributed by atoms with van der Waals surface area (Å²) in [5.74, 6) is -0.270. The van der Waals surface area contributed by atoms with Crippen molar-refractivity contribution in [2.45, 2.75) is 65.3 Å². The molecule has 0 saturated heterocycles. The molecule has 1 aliphatic rings. The van der Waals surface area contributed by atoms with Crippen LogP contribution in [0, 0.1) is 5.41 Å². The van der Waals surface area contributed by atoms with Gasteiger partial charge in [0.2, 0.25) is 11.8 Å². The van der Waals surface area contributed by atoms with E-state index in [1.807, 2.05) is 20.8 Å². The first kappa shape index (κ1) is 19.2. The lowest BCUT2D eigenvalue weighted by Gasteiger charge is -2.29. The van der Waals surface area contributed by atoms with Crippen LogP contribution in [0.1, 0.15) is 70.2 Å². The van der Waals surface area contributed by atoms with Gasteiger partial charge in [0.05, 0.1) is 5.41 Å². The third-order valence-corrected chi connectivity index (χ3v) is 4.58. The van der Waals surface area contributed by atoms with E-state index >= 15 is 0 Å². The predicted molar refractivity (Wildman–Crippen MR) is 98.5 cm³/mol. The third kappa shape index (κ3) is 5.15. The Labute approximate surface area is 149 Å². The van der Waals surface area contributed by atoms with Crippen molar-refractivity contribution in [1.29, 1.82) is 0 Å². The second kappa shape index (κ2) is 7.38. The molecule has 1 aliphatic carbocycles. The van der Waals surface area contributed by atoms with Gasteiger partial charge >= 0.3 is 0 Å². The van der Waals surface area contributed by atoms with Crippen molar-refractivity contribution in [3.63, 3.8) is 0 Å². The van der Waals surface area contributed by atoms with Crippen molar-refractivity contribution in [3.8, 4) is 0 Å². The largest absolute Gasteiger partial charge is 0.351 e. The number of hydrogen-bond donors (Lipinski definition) is 2. The van der Waals surface area contributed by atoms with Crippen LogP contribution >= 0.6 is 0 Å². The Bertz CT molecular complexity index is 668. The highest BCUT2D eigenvalue weighted by atomic mass is 16.2. The van der Waals surface area contributed by atoms with Crippen LogP contribution in [0.15, 0.2) is 24.3 Å². The molecule has 1 saturated carbocycles. The number of carbonyl (C=O) groups is 3. The second-order valence-electron chi connectivity index (χ2n) is 8.05. The molecule has 2 amide bonds. The molecule has 0 heterocycles. The van der Waals surface area contributed by atoms with Gasteiger partial charge in [-0.15, -0.1) is 0 Å². The molecule has 5 nitrogen and oxygen atoms in total. The van der Waals surface area contributed by atoms with E-state index in [9.17, 15) is 14.4 Å². The van der Waals surface area contributed by atoms with Crippen LogP contribution < -0.4 is 10.6 Å². The number of hydrogen-bond acceptors (Lipinski definition) is 3. The Balaban J connectivity index is 2.14. The fourth-order valence-corrected chi connectivity index (χ4v) is 3.39. The molecule has 1 fully saturated rings. The number of amides is 2. The number of benzene rings is 1. The van der Waals surface area contributed by atoms with Crippen molar-refractivity contribution in [3.05, 3.63) is 29.8 Å². The lowest BCUT2D eigenvalue weighted by molar-refractivity contribution is -0.133. The third-order valence-electron chi connectivity index (χ3n) is 4.58. The molecule has 0 spiro atoms. The van der Waals surface area contributed by atoms with Crippen molar-refractivity contribution >= 4 is 23.3 Å². The summed E-state index contributed by atoms with van der Waals surface area (Å²) in [5.41, 5.74) is 0.175. The summed E-state index contributed by atoms with van der Waals surface area (Å²) >= 11 is 0. The molecule has 1 aromatic carbocycles. The predicted octanol–water partition coefficient (Wildman–Crippen LogP) is 3.69. The number of carbonyl (C=O) groups excluding carboxylic acids is 3. The van der Waals surface area contributed by atoms with Gasteiger partial charge in [0.15, 0.2) is 5.78 Å². The molecule has 1 aromatic rings. The van der Waals surface area contributed by atoms with Gasteiger partial charge in [0.1, 0.15) is 0 Å². The summed E-state index contributed by atoms with van der Waals surface area (Å²) < 4.78 is 0. The van der Waals surface area contributed by atoms with E-state index in [1.54, 1.807) is 24.3 Å². The smallest absolute Gasteiger partial charge is 0.231 e. The standard InChI is InChI=1S/C20H28N2O3/c1-14(23)15-8-7-9-16(12-15)21-18(25)20(10-5-6-11-20)13-17(24)22-19(2,3)4/h7-9,12H,5-6,10-11,13H2,1-4H3,(H,21,25)(H,22,24). The molecular formula is C20H28N2O3. The number of nitrogens with one attached hydrogen (secondary N) is 2. The highest BCUT2D eigenvalue weighted by Gasteiger charge is 2.43. The maximum atomic E-state index is 12.9. The molecule has 5 heteroatoms. The number of anilines is 1. The van der Waals surface area contributed by atoms with Gasteiger partial charge in [-0.25, -0.2) is 0 Å². The highest BCUT2D eigenvalue weighted by Crippen LogP contribution is 2.42. The number of ketones is 1. The van der Waals surface area contributed by atoms with Crippen molar-refractivity contribution in [1.82, 2.24) is 5.32 Å². The molecule has 25 heavy (non-hydrogen) atoms. The zero-order valence-corrected chi connectivity index (χ0v) is 15.6. The lowest BCUT2D eigenvalue weighted by atomic mass is 9.81. The average Bonchev–Trinajstić information content (AvgIpc) is 2.95. The molecule has 0 radical (unpaired) electrons. The van der Waals surface area contributed by atoms with Gasteiger partial charge in [-0.05, 0) is 52.7 Å². The monoisotopic (exact) mass is 344 g/mol. The molecule has 0 aliphatic heterocycles. The molecule has 2 N–H and O–H groups in total. The van der Waals surface area contributed by atoms with Crippen LogP contribution in [-0.4, -0.2) is 23.1 Å². The lowest BCUT2D eigenvalue weighted by Crippen LogP contribution is -2.45. The van der Waals surface area contributed by atoms with Crippen LogP contribution in [0.4, 0.5) is 5.69 Å². The Morgan fingerprint density at radius 3 is 2.32 bits per heavy atom. The van der Waals surface area contributed by atoms with Crippen LogP contribution in [0.5, 0.6) is 0 Å². The van der Waals surface area contributed by atoms with Gasteiger partial charge in [-0.3, -0.25) is 14.4 Å². The van der Waals surface area contributed by atoms with Gasteiger partial charge in [-0.2, -0.15) is 0 Å². The molecule has 2 rings (SSSR count). The van der Waals surface area contributed by atoms with E-state index in [1.165, 1.54) is 6.92 Å². The Morgan fingerprint density at radius 2 is 1.76 bits per heavy atom. The van der Waals surface area contributed by atoms with Crippen molar-refractivity contribution in [2.75, 3.05) is 5.32 Å². The normalized spacial score (nSPS) is 16.3. The quantitative estimate of drug-likeness (QED) is 0.800. The van der Waals surface area contributed by atoms with Crippen molar-refractivity contribution < 1.29 is 14.4 Å². The van der Waals surface area contributed by atoms with Crippen LogP contribution in [0.2, 0.25) is 0 Å². The Morgan fingerprint density at radius 1 is 1.12 bits per heavy atom. The molecule has 0 bridgehead atoms. The molecule has 136 valence electrons. The minimum absolute atomic E-state index is 0.0452. The highest BCUT2D eigenvalue weighted by molar-refractivity contribution is 6.00. The Kier molecular flexibility index (Phi) is 5.65. The maximum Gasteiger partial charge on any atom is 0.231 e. The first-order chi connectivity index (χ1) is 11.6. The van der Waals surface area contributed by atoms with E-state index in [0.29, 0.717) is 24.1 Å². The van der Waals surface area contributed by atoms with Gasteiger partial charge in [-0.1, -0.05) is 25.0 Å². The topological polar surface area (TPSA) is 75.3 Å². The van der Waals surface area contributed by atoms with Crippen LogP contribution in [0.25, 0.3) is 0 Å². The SMILES string of the molecule is CC(=O)c1cccc(NC(=O)C2(CC(=O)NC(C)(C)C)CCCC2)c1.